The lowest BCUT2D eigenvalue weighted by Crippen LogP contribution is -2.45. The Morgan fingerprint density at radius 1 is 1.17 bits per heavy atom. The van der Waals surface area contributed by atoms with E-state index in [2.05, 4.69) is 58.6 Å². The molecule has 0 aliphatic carbocycles. The zero-order chi connectivity index (χ0) is 14.8. The molecule has 0 aliphatic rings. The first kappa shape index (κ1) is 18.0. The van der Waals surface area contributed by atoms with E-state index in [0.29, 0.717) is 11.3 Å². The van der Waals surface area contributed by atoms with Gasteiger partial charge in [-0.05, 0) is 50.8 Å². The summed E-state index contributed by atoms with van der Waals surface area (Å²) in [6.07, 6.45) is 3.99. The topological polar surface area (TPSA) is 20.3 Å². The third-order valence-corrected chi connectivity index (χ3v) is 5.35. The normalized spacial score (nSPS) is 18.7. The van der Waals surface area contributed by atoms with Crippen LogP contribution in [0.2, 0.25) is 0 Å². The fourth-order valence-corrected chi connectivity index (χ4v) is 3.76. The van der Waals surface area contributed by atoms with Crippen molar-refractivity contribution in [2.45, 2.75) is 66.8 Å². The molecule has 0 bridgehead atoms. The monoisotopic (exact) mass is 275 g/mol. The van der Waals surface area contributed by atoms with E-state index in [1.54, 1.807) is 6.26 Å². The molecule has 0 N–H and O–H groups in total. The van der Waals surface area contributed by atoms with Crippen molar-refractivity contribution in [1.29, 1.82) is 0 Å². The molecule has 18 heavy (non-hydrogen) atoms. The molecule has 0 aromatic rings. The second-order valence-corrected chi connectivity index (χ2v) is 10.0. The highest BCUT2D eigenvalue weighted by Crippen LogP contribution is 2.29. The van der Waals surface area contributed by atoms with Gasteiger partial charge in [0.2, 0.25) is 0 Å². The first-order chi connectivity index (χ1) is 7.76. The summed E-state index contributed by atoms with van der Waals surface area (Å²) in [6.45, 7) is 16.3. The highest BCUT2D eigenvalue weighted by Gasteiger charge is 2.26. The van der Waals surface area contributed by atoms with Crippen LogP contribution in [0.1, 0.15) is 61.3 Å². The predicted molar refractivity (Wildman–Crippen MR) is 85.5 cm³/mol. The Balaban J connectivity index is 4.50. The maximum absolute atomic E-state index is 12.2. The summed E-state index contributed by atoms with van der Waals surface area (Å²) in [5, 5.41) is 0. The molecule has 0 amide bonds. The number of nitrogens with zero attached hydrogens (tertiary/aromatic N) is 1. The predicted octanol–water partition coefficient (Wildman–Crippen LogP) is 3.81. The largest absolute Gasteiger partial charge is 0.253 e. The van der Waals surface area contributed by atoms with Gasteiger partial charge in [0.1, 0.15) is 0 Å². The molecule has 2 nitrogen and oxygen atoms in total. The molecule has 0 spiro atoms. The van der Waals surface area contributed by atoms with Crippen LogP contribution in [-0.4, -0.2) is 32.7 Å². The molecule has 0 aromatic carbocycles. The average molecular weight is 276 g/mol. The van der Waals surface area contributed by atoms with Crippen LogP contribution in [0.25, 0.3) is 0 Å². The lowest BCUT2D eigenvalue weighted by molar-refractivity contribution is 0.216. The minimum atomic E-state index is -2.12. The third-order valence-electron chi connectivity index (χ3n) is 3.69. The Morgan fingerprint density at radius 3 is 1.89 bits per heavy atom. The van der Waals surface area contributed by atoms with Crippen molar-refractivity contribution in [1.82, 2.24) is 4.31 Å². The second kappa shape index (κ2) is 5.96. The number of hydrogen-bond acceptors (Lipinski definition) is 1. The van der Waals surface area contributed by atoms with Crippen LogP contribution in [0.4, 0.5) is 0 Å². The maximum Gasteiger partial charge on any atom is 0.0250 e. The van der Waals surface area contributed by atoms with E-state index in [1.165, 1.54) is 6.42 Å². The summed E-state index contributed by atoms with van der Waals surface area (Å²) in [6, 6.07) is 0. The van der Waals surface area contributed by atoms with Gasteiger partial charge < -0.3 is 0 Å². The summed E-state index contributed by atoms with van der Waals surface area (Å²) in [7, 11) is -2.12. The van der Waals surface area contributed by atoms with Gasteiger partial charge in [-0.15, -0.1) is 0 Å². The van der Waals surface area contributed by atoms with Gasteiger partial charge in [-0.25, -0.2) is 4.31 Å². The Morgan fingerprint density at radius 2 is 1.61 bits per heavy atom. The first-order valence-electron chi connectivity index (χ1n) is 6.86. The molecule has 0 aliphatic heterocycles. The van der Waals surface area contributed by atoms with Gasteiger partial charge >= 0.3 is 0 Å². The summed E-state index contributed by atoms with van der Waals surface area (Å²) >= 11 is 0. The van der Waals surface area contributed by atoms with Gasteiger partial charge in [0.25, 0.3) is 0 Å². The van der Waals surface area contributed by atoms with Crippen LogP contribution >= 0.6 is 0 Å². The fraction of sp³-hybridized carbons (Fsp3) is 0.933. The summed E-state index contributed by atoms with van der Waals surface area (Å²) in [5.41, 5.74) is 0.267. The van der Waals surface area contributed by atoms with Gasteiger partial charge in [-0.3, -0.25) is 4.21 Å². The van der Waals surface area contributed by atoms with E-state index in [-0.39, 0.29) is 5.54 Å². The second-order valence-electron chi connectivity index (χ2n) is 7.64. The number of hydrogen-bond donors (Lipinski definition) is 0. The molecule has 0 fully saturated rings. The van der Waals surface area contributed by atoms with E-state index in [4.69, 9.17) is 0 Å². The Bertz CT molecular complexity index is 344. The third kappa shape index (κ3) is 6.24. The van der Waals surface area contributed by atoms with Crippen molar-refractivity contribution in [3.05, 3.63) is 0 Å². The van der Waals surface area contributed by atoms with Crippen LogP contribution in [0.5, 0.6) is 0 Å². The lowest BCUT2D eigenvalue weighted by Gasteiger charge is -2.37. The minimum Gasteiger partial charge on any atom is -0.253 e. The summed E-state index contributed by atoms with van der Waals surface area (Å²) in [4.78, 5) is 0. The molecule has 0 saturated carbocycles. The van der Waals surface area contributed by atoms with E-state index in [1.807, 2.05) is 0 Å². The Labute approximate surface area is 115 Å². The van der Waals surface area contributed by atoms with E-state index in [9.17, 15) is 4.21 Å². The van der Waals surface area contributed by atoms with Gasteiger partial charge in [0.15, 0.2) is 0 Å². The van der Waals surface area contributed by atoms with Crippen LogP contribution in [0.3, 0.4) is 0 Å². The van der Waals surface area contributed by atoms with E-state index < -0.39 is 9.71 Å². The van der Waals surface area contributed by atoms with Gasteiger partial charge in [-0.1, -0.05) is 27.7 Å². The van der Waals surface area contributed by atoms with E-state index >= 15 is 0 Å². The highest BCUT2D eigenvalue weighted by atomic mass is 32.2. The SMILES string of the molecule is C=S(C)(=O)N(CCCC(C)C(C)(C)C)C(C)(C)C. The van der Waals surface area contributed by atoms with Crippen LogP contribution < -0.4 is 0 Å². The molecule has 0 radical (unpaired) electrons. The van der Waals surface area contributed by atoms with Crippen molar-refractivity contribution in [3.63, 3.8) is 0 Å². The molecule has 110 valence electrons. The molecule has 0 heterocycles. The van der Waals surface area contributed by atoms with E-state index in [0.717, 1.165) is 13.0 Å². The molecule has 0 rings (SSSR count). The lowest BCUT2D eigenvalue weighted by atomic mass is 9.79. The van der Waals surface area contributed by atoms with Crippen LogP contribution in [-0.2, 0) is 9.71 Å². The number of rotatable bonds is 5. The van der Waals surface area contributed by atoms with Crippen molar-refractivity contribution in [3.8, 4) is 0 Å². The quantitative estimate of drug-likeness (QED) is 0.699. The molecule has 2 atom stereocenters. The van der Waals surface area contributed by atoms with Crippen LogP contribution in [0, 0.1) is 11.3 Å². The molecule has 0 saturated heterocycles. The van der Waals surface area contributed by atoms with Crippen molar-refractivity contribution < 1.29 is 4.21 Å². The average Bonchev–Trinajstić information content (AvgIpc) is 2.05. The Hall–Kier alpha value is -0.0200. The molecule has 3 heteroatoms. The summed E-state index contributed by atoms with van der Waals surface area (Å²) < 4.78 is 14.3. The fourth-order valence-electron chi connectivity index (χ4n) is 2.08. The standard InChI is InChI=1S/C15H33NOS/c1-13(14(2,3)4)11-10-12-16(15(5,6)7)18(8,9)17/h13H,8,10-12H2,1-7,9H3. The minimum absolute atomic E-state index is 0.0848. The molecular formula is C15H33NOS. The van der Waals surface area contributed by atoms with Crippen LogP contribution in [0.15, 0.2) is 0 Å². The van der Waals surface area contributed by atoms with Crippen molar-refractivity contribution in [2.75, 3.05) is 12.8 Å². The van der Waals surface area contributed by atoms with Crippen molar-refractivity contribution >= 4 is 15.6 Å². The van der Waals surface area contributed by atoms with Gasteiger partial charge in [-0.2, -0.15) is 0 Å². The summed E-state index contributed by atoms with van der Waals surface area (Å²) in [5.74, 6) is 4.52. The molecular weight excluding hydrogens is 242 g/mol. The highest BCUT2D eigenvalue weighted by molar-refractivity contribution is 7.97. The molecule has 0 aromatic heterocycles. The van der Waals surface area contributed by atoms with Gasteiger partial charge in [0.05, 0.1) is 0 Å². The zero-order valence-electron chi connectivity index (χ0n) is 13.7. The molecule has 2 unspecified atom stereocenters. The smallest absolute Gasteiger partial charge is 0.0250 e. The maximum atomic E-state index is 12.2. The first-order valence-corrected chi connectivity index (χ1v) is 8.95. The van der Waals surface area contributed by atoms with Gasteiger partial charge in [0, 0.05) is 28.0 Å². The zero-order valence-corrected chi connectivity index (χ0v) is 14.5. The van der Waals surface area contributed by atoms with Crippen molar-refractivity contribution in [2.24, 2.45) is 11.3 Å². The Kier molecular flexibility index (Phi) is 5.95.